The maximum atomic E-state index is 12.8. The summed E-state index contributed by atoms with van der Waals surface area (Å²) in [6, 6.07) is 2.00. The second-order valence-electron chi connectivity index (χ2n) is 7.84. The summed E-state index contributed by atoms with van der Waals surface area (Å²) in [5.74, 6) is 0.631. The van der Waals surface area contributed by atoms with Gasteiger partial charge < -0.3 is 19.8 Å². The summed E-state index contributed by atoms with van der Waals surface area (Å²) in [7, 11) is 2.06. The average molecular weight is 385 g/mol. The first-order chi connectivity index (χ1) is 13.5. The zero-order valence-corrected chi connectivity index (χ0v) is 16.4. The van der Waals surface area contributed by atoms with Gasteiger partial charge in [0.2, 0.25) is 0 Å². The highest BCUT2D eigenvalue weighted by molar-refractivity contribution is 5.92. The minimum absolute atomic E-state index is 0.0708. The number of β-amino-alcohol motifs (C(OH)–C–C–N with tert-alkyl or cyclic N) is 1. The van der Waals surface area contributed by atoms with Gasteiger partial charge in [-0.05, 0) is 26.5 Å². The Morgan fingerprint density at radius 3 is 2.75 bits per heavy atom. The van der Waals surface area contributed by atoms with Crippen LogP contribution in [-0.2, 0) is 6.42 Å². The molecule has 0 aromatic carbocycles. The molecule has 0 aliphatic carbocycles. The zero-order chi connectivity index (χ0) is 19.7. The lowest BCUT2D eigenvalue weighted by Gasteiger charge is -2.32. The first kappa shape index (κ1) is 18.8. The highest BCUT2D eigenvalue weighted by Crippen LogP contribution is 2.25. The van der Waals surface area contributed by atoms with E-state index in [1.54, 1.807) is 6.20 Å². The van der Waals surface area contributed by atoms with Gasteiger partial charge in [-0.3, -0.25) is 14.9 Å². The number of carbonyl (C=O) groups is 1. The molecule has 9 nitrogen and oxygen atoms in total. The van der Waals surface area contributed by atoms with E-state index in [1.807, 2.05) is 22.8 Å². The van der Waals surface area contributed by atoms with Gasteiger partial charge in [0.05, 0.1) is 24.2 Å². The van der Waals surface area contributed by atoms with Gasteiger partial charge in [-0.2, -0.15) is 5.10 Å². The van der Waals surface area contributed by atoms with E-state index in [1.165, 1.54) is 6.20 Å². The quantitative estimate of drug-likeness (QED) is 0.760. The third kappa shape index (κ3) is 4.00. The Kier molecular flexibility index (Phi) is 5.27. The van der Waals surface area contributed by atoms with E-state index in [0.29, 0.717) is 44.1 Å². The van der Waals surface area contributed by atoms with Gasteiger partial charge in [-0.1, -0.05) is 0 Å². The normalized spacial score (nSPS) is 23.4. The summed E-state index contributed by atoms with van der Waals surface area (Å²) in [6.45, 7) is 6.25. The van der Waals surface area contributed by atoms with Gasteiger partial charge in [0.1, 0.15) is 11.5 Å². The topological polar surface area (TPSA) is 101 Å². The van der Waals surface area contributed by atoms with E-state index in [-0.39, 0.29) is 11.8 Å². The van der Waals surface area contributed by atoms with Crippen molar-refractivity contribution in [3.8, 4) is 0 Å². The van der Waals surface area contributed by atoms with Gasteiger partial charge in [0.25, 0.3) is 5.91 Å². The van der Waals surface area contributed by atoms with Crippen LogP contribution in [0.3, 0.4) is 0 Å². The minimum Gasteiger partial charge on any atom is -0.391 e. The molecular weight excluding hydrogens is 358 g/mol. The van der Waals surface area contributed by atoms with Crippen molar-refractivity contribution in [2.75, 3.05) is 51.2 Å². The van der Waals surface area contributed by atoms with Crippen molar-refractivity contribution in [1.29, 1.82) is 0 Å². The Morgan fingerprint density at radius 1 is 1.25 bits per heavy atom. The number of carbonyl (C=O) groups excluding carboxylic acids is 1. The molecule has 28 heavy (non-hydrogen) atoms. The van der Waals surface area contributed by atoms with Crippen LogP contribution < -0.4 is 4.90 Å². The molecule has 1 amide bonds. The molecule has 4 rings (SSSR count). The zero-order valence-electron chi connectivity index (χ0n) is 16.4. The van der Waals surface area contributed by atoms with Gasteiger partial charge in [-0.15, -0.1) is 0 Å². The fraction of sp³-hybridized carbons (Fsp3) is 0.579. The number of nitrogens with zero attached hydrogens (tertiary/aromatic N) is 6. The van der Waals surface area contributed by atoms with Crippen LogP contribution in [0.2, 0.25) is 0 Å². The summed E-state index contributed by atoms with van der Waals surface area (Å²) in [5, 5.41) is 17.7. The van der Waals surface area contributed by atoms with Crippen LogP contribution in [0.1, 0.15) is 21.9 Å². The second-order valence-corrected chi connectivity index (χ2v) is 7.84. The number of likely N-dealkylation sites (N-methyl/N-ethyl adjacent to an activating group) is 1. The lowest BCUT2D eigenvalue weighted by Crippen LogP contribution is -2.47. The number of nitrogens with one attached hydrogen (secondary N) is 1. The number of hydrogen-bond acceptors (Lipinski definition) is 7. The maximum Gasteiger partial charge on any atom is 0.274 e. The van der Waals surface area contributed by atoms with Crippen molar-refractivity contribution >= 4 is 11.7 Å². The first-order valence-electron chi connectivity index (χ1n) is 9.73. The molecule has 2 fully saturated rings. The van der Waals surface area contributed by atoms with Crippen LogP contribution in [0.25, 0.3) is 0 Å². The number of amides is 1. The van der Waals surface area contributed by atoms with Crippen LogP contribution in [0.4, 0.5) is 5.82 Å². The molecule has 2 aromatic heterocycles. The molecule has 0 spiro atoms. The number of rotatable bonds is 4. The fourth-order valence-electron chi connectivity index (χ4n) is 3.87. The lowest BCUT2D eigenvalue weighted by atomic mass is 10.0. The van der Waals surface area contributed by atoms with E-state index in [2.05, 4.69) is 32.1 Å². The summed E-state index contributed by atoms with van der Waals surface area (Å²) < 4.78 is 0. The Labute approximate surface area is 164 Å². The number of aromatic amines is 1. The molecule has 2 atom stereocenters. The Balaban J connectivity index is 1.43. The van der Waals surface area contributed by atoms with Crippen molar-refractivity contribution in [2.24, 2.45) is 5.92 Å². The van der Waals surface area contributed by atoms with Crippen LogP contribution in [0.15, 0.2) is 18.5 Å². The lowest BCUT2D eigenvalue weighted by molar-refractivity contribution is 0.0658. The van der Waals surface area contributed by atoms with Crippen molar-refractivity contribution in [3.05, 3.63) is 35.5 Å². The van der Waals surface area contributed by atoms with Crippen molar-refractivity contribution in [3.63, 3.8) is 0 Å². The van der Waals surface area contributed by atoms with Crippen molar-refractivity contribution in [1.82, 2.24) is 30.0 Å². The van der Waals surface area contributed by atoms with Gasteiger partial charge in [0.15, 0.2) is 0 Å². The number of aryl methyl sites for hydroxylation is 1. The minimum atomic E-state index is -0.462. The number of aliphatic hydroxyl groups is 1. The maximum absolute atomic E-state index is 12.8. The van der Waals surface area contributed by atoms with E-state index in [9.17, 15) is 9.90 Å². The smallest absolute Gasteiger partial charge is 0.274 e. The highest BCUT2D eigenvalue weighted by Gasteiger charge is 2.33. The summed E-state index contributed by atoms with van der Waals surface area (Å²) in [4.78, 5) is 27.6. The molecule has 2 N–H and O–H groups in total. The summed E-state index contributed by atoms with van der Waals surface area (Å²) in [5.41, 5.74) is 2.33. The molecule has 2 aliphatic heterocycles. The van der Waals surface area contributed by atoms with Gasteiger partial charge in [0, 0.05) is 50.9 Å². The predicted octanol–water partition coefficient (Wildman–Crippen LogP) is -0.0645. The van der Waals surface area contributed by atoms with Crippen LogP contribution in [0.5, 0.6) is 0 Å². The second kappa shape index (κ2) is 7.84. The molecule has 9 heteroatoms. The van der Waals surface area contributed by atoms with Crippen molar-refractivity contribution in [2.45, 2.75) is 19.4 Å². The largest absolute Gasteiger partial charge is 0.391 e. The van der Waals surface area contributed by atoms with E-state index in [0.717, 1.165) is 24.5 Å². The van der Waals surface area contributed by atoms with E-state index < -0.39 is 6.10 Å². The van der Waals surface area contributed by atoms with E-state index >= 15 is 0 Å². The van der Waals surface area contributed by atoms with Crippen LogP contribution in [0, 0.1) is 12.8 Å². The number of hydrogen-bond donors (Lipinski definition) is 2. The molecular formula is C19H27N7O2. The Bertz CT molecular complexity index is 831. The third-order valence-electron chi connectivity index (χ3n) is 5.59. The standard InChI is InChI=1S/C19H27N7O2/c1-13-7-15(23-22-13)8-14-11-26(12-17(14)27)18-10-20-9-16(21-18)19(28)25-5-3-24(2)4-6-25/h7,9-10,14,17,27H,3-6,8,11-12H2,1-2H3,(H,22,23)/t14-,17-/m1/s1. The molecule has 0 radical (unpaired) electrons. The molecule has 2 saturated heterocycles. The predicted molar refractivity (Wildman–Crippen MR) is 104 cm³/mol. The monoisotopic (exact) mass is 385 g/mol. The molecule has 2 aromatic rings. The number of anilines is 1. The average Bonchev–Trinajstić information content (AvgIpc) is 3.28. The molecule has 4 heterocycles. The van der Waals surface area contributed by atoms with Crippen LogP contribution >= 0.6 is 0 Å². The van der Waals surface area contributed by atoms with Crippen molar-refractivity contribution < 1.29 is 9.90 Å². The number of aromatic nitrogens is 4. The summed E-state index contributed by atoms with van der Waals surface area (Å²) in [6.07, 6.45) is 3.43. The summed E-state index contributed by atoms with van der Waals surface area (Å²) >= 11 is 0. The first-order valence-corrected chi connectivity index (χ1v) is 9.73. The van der Waals surface area contributed by atoms with E-state index in [4.69, 9.17) is 0 Å². The Hall–Kier alpha value is -2.52. The number of aliphatic hydroxyl groups excluding tert-OH is 1. The van der Waals surface area contributed by atoms with Crippen LogP contribution in [-0.4, -0.2) is 93.4 Å². The fourth-order valence-corrected chi connectivity index (χ4v) is 3.87. The van der Waals surface area contributed by atoms with Gasteiger partial charge in [-0.25, -0.2) is 4.98 Å². The molecule has 0 bridgehead atoms. The number of piperazine rings is 1. The molecule has 0 unspecified atom stereocenters. The number of H-pyrrole nitrogens is 1. The SMILES string of the molecule is Cc1cc(C[C@@H]2CN(c3cncc(C(=O)N4CCN(C)CC4)n3)C[C@H]2O)n[nH]1. The molecule has 2 aliphatic rings. The molecule has 150 valence electrons. The molecule has 0 saturated carbocycles. The highest BCUT2D eigenvalue weighted by atomic mass is 16.3. The Morgan fingerprint density at radius 2 is 2.04 bits per heavy atom. The van der Waals surface area contributed by atoms with Gasteiger partial charge >= 0.3 is 0 Å². The third-order valence-corrected chi connectivity index (χ3v) is 5.59.